The van der Waals surface area contributed by atoms with E-state index in [4.69, 9.17) is 11.6 Å². The molecule has 1 aromatic heterocycles. The number of pyridine rings is 1. The highest BCUT2D eigenvalue weighted by Crippen LogP contribution is 2.29. The first-order valence-electron chi connectivity index (χ1n) is 5.56. The van der Waals surface area contributed by atoms with Gasteiger partial charge in [0, 0.05) is 10.9 Å². The minimum Gasteiger partial charge on any atom is -0.245 e. The first kappa shape index (κ1) is 11.2. The molecule has 3 rings (SSSR count). The normalized spacial score (nSPS) is 10.8. The van der Waals surface area contributed by atoms with Gasteiger partial charge >= 0.3 is 0 Å². The van der Waals surface area contributed by atoms with Gasteiger partial charge in [0.2, 0.25) is 0 Å². The summed E-state index contributed by atoms with van der Waals surface area (Å²) in [6.45, 7) is 0. The molecule has 1 heterocycles. The maximum atomic E-state index is 13.7. The third kappa shape index (κ3) is 1.85. The van der Waals surface area contributed by atoms with Gasteiger partial charge in [0.05, 0.1) is 10.7 Å². The molecule has 18 heavy (non-hydrogen) atoms. The zero-order valence-electron chi connectivity index (χ0n) is 9.40. The second-order valence-electron chi connectivity index (χ2n) is 3.99. The fourth-order valence-corrected chi connectivity index (χ4v) is 2.18. The fourth-order valence-electron chi connectivity index (χ4n) is 1.93. The number of hydrogen-bond acceptors (Lipinski definition) is 1. The average molecular weight is 258 g/mol. The average Bonchev–Trinajstić information content (AvgIpc) is 2.41. The lowest BCUT2D eigenvalue weighted by Gasteiger charge is -2.06. The van der Waals surface area contributed by atoms with Crippen molar-refractivity contribution in [1.29, 1.82) is 0 Å². The van der Waals surface area contributed by atoms with Gasteiger partial charge in [0.1, 0.15) is 11.3 Å². The first-order valence-corrected chi connectivity index (χ1v) is 5.94. The third-order valence-corrected chi connectivity index (χ3v) is 3.12. The number of para-hydroxylation sites is 1. The molecule has 0 aliphatic heterocycles. The van der Waals surface area contributed by atoms with Gasteiger partial charge < -0.3 is 0 Å². The number of nitrogens with zero attached hydrogens (tertiary/aromatic N) is 1. The van der Waals surface area contributed by atoms with Crippen molar-refractivity contribution in [2.75, 3.05) is 0 Å². The molecule has 88 valence electrons. The molecular formula is C15H9ClFN. The minimum absolute atomic E-state index is 0.309. The van der Waals surface area contributed by atoms with E-state index in [0.29, 0.717) is 21.6 Å². The molecule has 3 heteroatoms. The molecule has 0 saturated heterocycles. The van der Waals surface area contributed by atoms with Crippen molar-refractivity contribution in [1.82, 2.24) is 4.98 Å². The lowest BCUT2D eigenvalue weighted by molar-refractivity contribution is 0.637. The topological polar surface area (TPSA) is 12.9 Å². The van der Waals surface area contributed by atoms with Crippen LogP contribution in [0.1, 0.15) is 0 Å². The molecule has 0 spiro atoms. The van der Waals surface area contributed by atoms with Gasteiger partial charge in [-0.25, -0.2) is 9.37 Å². The molecule has 0 saturated carbocycles. The highest BCUT2D eigenvalue weighted by atomic mass is 35.5. The molecule has 0 radical (unpaired) electrons. The Morgan fingerprint density at radius 2 is 1.72 bits per heavy atom. The third-order valence-electron chi connectivity index (χ3n) is 2.81. The van der Waals surface area contributed by atoms with Crippen LogP contribution in [-0.4, -0.2) is 4.98 Å². The van der Waals surface area contributed by atoms with E-state index in [1.54, 1.807) is 18.2 Å². The van der Waals surface area contributed by atoms with Crippen molar-refractivity contribution in [2.45, 2.75) is 0 Å². The smallest absolute Gasteiger partial charge is 0.149 e. The summed E-state index contributed by atoms with van der Waals surface area (Å²) in [6.07, 6.45) is 0. The monoisotopic (exact) mass is 257 g/mol. The Morgan fingerprint density at radius 3 is 2.50 bits per heavy atom. The van der Waals surface area contributed by atoms with E-state index in [1.165, 1.54) is 6.07 Å². The van der Waals surface area contributed by atoms with Crippen molar-refractivity contribution in [2.24, 2.45) is 0 Å². The largest absolute Gasteiger partial charge is 0.245 e. The summed E-state index contributed by atoms with van der Waals surface area (Å²) >= 11 is 6.18. The van der Waals surface area contributed by atoms with Crippen molar-refractivity contribution in [3.63, 3.8) is 0 Å². The van der Waals surface area contributed by atoms with E-state index >= 15 is 0 Å². The van der Waals surface area contributed by atoms with Gasteiger partial charge in [-0.15, -0.1) is 0 Å². The van der Waals surface area contributed by atoms with Gasteiger partial charge in [0.25, 0.3) is 0 Å². The van der Waals surface area contributed by atoms with Crippen LogP contribution in [0.15, 0.2) is 54.6 Å². The highest BCUT2D eigenvalue weighted by Gasteiger charge is 2.08. The fraction of sp³-hybridized carbons (Fsp3) is 0. The maximum absolute atomic E-state index is 13.7. The number of hydrogen-bond donors (Lipinski definition) is 0. The van der Waals surface area contributed by atoms with E-state index in [2.05, 4.69) is 4.98 Å². The molecule has 0 fully saturated rings. The van der Waals surface area contributed by atoms with Crippen LogP contribution < -0.4 is 0 Å². The summed E-state index contributed by atoms with van der Waals surface area (Å²) in [5, 5.41) is 1.15. The number of rotatable bonds is 1. The van der Waals surface area contributed by atoms with E-state index in [0.717, 1.165) is 5.56 Å². The highest BCUT2D eigenvalue weighted by molar-refractivity contribution is 6.35. The van der Waals surface area contributed by atoms with Crippen molar-refractivity contribution in [3.8, 4) is 11.3 Å². The molecule has 3 aromatic rings. The van der Waals surface area contributed by atoms with Crippen LogP contribution in [0.3, 0.4) is 0 Å². The summed E-state index contributed by atoms with van der Waals surface area (Å²) in [5.41, 5.74) is 1.91. The van der Waals surface area contributed by atoms with Crippen LogP contribution in [0.5, 0.6) is 0 Å². The molecule has 2 aromatic carbocycles. The predicted molar refractivity (Wildman–Crippen MR) is 72.1 cm³/mol. The molecule has 0 N–H and O–H groups in total. The summed E-state index contributed by atoms with van der Waals surface area (Å²) in [4.78, 5) is 4.35. The summed E-state index contributed by atoms with van der Waals surface area (Å²) < 4.78 is 13.7. The van der Waals surface area contributed by atoms with Gasteiger partial charge in [-0.05, 0) is 12.1 Å². The molecule has 0 aliphatic carbocycles. The zero-order valence-corrected chi connectivity index (χ0v) is 10.2. The van der Waals surface area contributed by atoms with Crippen molar-refractivity contribution in [3.05, 3.63) is 65.4 Å². The van der Waals surface area contributed by atoms with E-state index in [9.17, 15) is 4.39 Å². The Bertz CT molecular complexity index is 710. The van der Waals surface area contributed by atoms with Crippen LogP contribution in [0.2, 0.25) is 5.02 Å². The standard InChI is InChI=1S/C15H9ClFN/c16-12-9-14(10-5-2-1-3-6-10)18-15-11(12)7-4-8-13(15)17/h1-9H. The van der Waals surface area contributed by atoms with Crippen LogP contribution in [0.25, 0.3) is 22.2 Å². The van der Waals surface area contributed by atoms with Gasteiger partial charge in [-0.2, -0.15) is 0 Å². The predicted octanol–water partition coefficient (Wildman–Crippen LogP) is 4.69. The Labute approximate surface area is 109 Å². The van der Waals surface area contributed by atoms with E-state index < -0.39 is 0 Å². The second-order valence-corrected chi connectivity index (χ2v) is 4.40. The Hall–Kier alpha value is -1.93. The maximum Gasteiger partial charge on any atom is 0.149 e. The summed E-state index contributed by atoms with van der Waals surface area (Å²) in [7, 11) is 0. The quantitative estimate of drug-likeness (QED) is 0.616. The number of halogens is 2. The zero-order chi connectivity index (χ0) is 12.5. The molecule has 0 bridgehead atoms. The summed E-state index contributed by atoms with van der Waals surface area (Å²) in [5.74, 6) is -0.354. The molecule has 0 amide bonds. The van der Waals surface area contributed by atoms with Crippen LogP contribution >= 0.6 is 11.6 Å². The van der Waals surface area contributed by atoms with Gasteiger partial charge in [-0.1, -0.05) is 54.1 Å². The molecule has 0 aliphatic rings. The van der Waals surface area contributed by atoms with Crippen LogP contribution in [-0.2, 0) is 0 Å². The van der Waals surface area contributed by atoms with Gasteiger partial charge in [-0.3, -0.25) is 0 Å². The number of benzene rings is 2. The van der Waals surface area contributed by atoms with Gasteiger partial charge in [0.15, 0.2) is 0 Å². The SMILES string of the molecule is Fc1cccc2c(Cl)cc(-c3ccccc3)nc12. The van der Waals surface area contributed by atoms with Crippen molar-refractivity contribution < 1.29 is 4.39 Å². The molecule has 0 atom stereocenters. The Kier molecular flexibility index (Phi) is 2.73. The van der Waals surface area contributed by atoms with E-state index in [-0.39, 0.29) is 5.82 Å². The van der Waals surface area contributed by atoms with Crippen LogP contribution in [0.4, 0.5) is 4.39 Å². The molecular weight excluding hydrogens is 249 g/mol. The Morgan fingerprint density at radius 1 is 0.944 bits per heavy atom. The molecule has 1 nitrogen and oxygen atoms in total. The second kappa shape index (κ2) is 4.39. The Balaban J connectivity index is 2.31. The number of aromatic nitrogens is 1. The van der Waals surface area contributed by atoms with Crippen molar-refractivity contribution >= 4 is 22.5 Å². The minimum atomic E-state index is -0.354. The molecule has 0 unspecified atom stereocenters. The summed E-state index contributed by atoms with van der Waals surface area (Å²) in [6, 6.07) is 16.1. The lowest BCUT2D eigenvalue weighted by atomic mass is 10.1. The van der Waals surface area contributed by atoms with E-state index in [1.807, 2.05) is 30.3 Å². The van der Waals surface area contributed by atoms with Crippen LogP contribution in [0, 0.1) is 5.82 Å². The first-order chi connectivity index (χ1) is 8.75. The lowest BCUT2D eigenvalue weighted by Crippen LogP contribution is -1.89. The number of fused-ring (bicyclic) bond motifs is 1.